The minimum absolute atomic E-state index is 0.0250. The van der Waals surface area contributed by atoms with Crippen molar-refractivity contribution < 1.29 is 14.3 Å². The fraction of sp³-hybridized carbons (Fsp3) is 0.846. The first-order valence-corrected chi connectivity index (χ1v) is 6.69. The molecule has 0 saturated carbocycles. The molecule has 0 aromatic rings. The van der Waals surface area contributed by atoms with Gasteiger partial charge in [-0.2, -0.15) is 0 Å². The molecule has 2 unspecified atom stereocenters. The largest absolute Gasteiger partial charge is 0.358 e. The first-order valence-electron chi connectivity index (χ1n) is 6.69. The number of hydrogen-bond acceptors (Lipinski definition) is 4. The normalized spacial score (nSPS) is 24.1. The average molecular weight is 256 g/mol. The zero-order valence-electron chi connectivity index (χ0n) is 11.6. The molecule has 104 valence electrons. The molecule has 0 radical (unpaired) electrons. The minimum Gasteiger partial charge on any atom is -0.358 e. The summed E-state index contributed by atoms with van der Waals surface area (Å²) in [5, 5.41) is 3.02. The number of nitrogens with zero attached hydrogens (tertiary/aromatic N) is 1. The molecule has 0 aliphatic carbocycles. The molecule has 1 heterocycles. The Labute approximate surface area is 109 Å². The molecule has 0 aromatic carbocycles. The van der Waals surface area contributed by atoms with Crippen LogP contribution in [-0.2, 0) is 14.3 Å². The van der Waals surface area contributed by atoms with Crippen molar-refractivity contribution in [3.05, 3.63) is 0 Å². The van der Waals surface area contributed by atoms with Gasteiger partial charge in [0.1, 0.15) is 6.23 Å². The second-order valence-electron chi connectivity index (χ2n) is 4.66. The van der Waals surface area contributed by atoms with Gasteiger partial charge >= 0.3 is 0 Å². The van der Waals surface area contributed by atoms with Gasteiger partial charge < -0.3 is 15.0 Å². The SMILES string of the molecule is CCC1OCCC(C(C)=O)N1C(=O)CCCNC. The summed E-state index contributed by atoms with van der Waals surface area (Å²) in [5.74, 6) is 0.0794. The monoisotopic (exact) mass is 256 g/mol. The highest BCUT2D eigenvalue weighted by Crippen LogP contribution is 2.21. The predicted octanol–water partition coefficient (Wildman–Crippen LogP) is 0.929. The van der Waals surface area contributed by atoms with Crippen LogP contribution in [0.4, 0.5) is 0 Å². The second-order valence-corrected chi connectivity index (χ2v) is 4.66. The van der Waals surface area contributed by atoms with Crippen molar-refractivity contribution in [2.24, 2.45) is 0 Å². The smallest absolute Gasteiger partial charge is 0.225 e. The zero-order valence-corrected chi connectivity index (χ0v) is 11.6. The number of rotatable bonds is 6. The number of carbonyl (C=O) groups excluding carboxylic acids is 2. The molecule has 0 bridgehead atoms. The maximum Gasteiger partial charge on any atom is 0.225 e. The maximum atomic E-state index is 12.2. The Bertz CT molecular complexity index is 294. The summed E-state index contributed by atoms with van der Waals surface area (Å²) in [6, 6.07) is -0.300. The summed E-state index contributed by atoms with van der Waals surface area (Å²) >= 11 is 0. The molecule has 5 heteroatoms. The van der Waals surface area contributed by atoms with E-state index in [0.29, 0.717) is 19.4 Å². The number of ether oxygens (including phenoxy) is 1. The molecule has 0 spiro atoms. The fourth-order valence-corrected chi connectivity index (χ4v) is 2.33. The molecular weight excluding hydrogens is 232 g/mol. The third-order valence-electron chi connectivity index (χ3n) is 3.27. The van der Waals surface area contributed by atoms with Gasteiger partial charge in [0.15, 0.2) is 5.78 Å². The van der Waals surface area contributed by atoms with E-state index < -0.39 is 0 Å². The van der Waals surface area contributed by atoms with Gasteiger partial charge in [-0.05, 0) is 39.8 Å². The highest BCUT2D eigenvalue weighted by molar-refractivity contribution is 5.87. The van der Waals surface area contributed by atoms with Crippen molar-refractivity contribution in [3.8, 4) is 0 Å². The van der Waals surface area contributed by atoms with Crippen molar-refractivity contribution in [2.75, 3.05) is 20.2 Å². The number of nitrogens with one attached hydrogen (secondary N) is 1. The number of hydrogen-bond donors (Lipinski definition) is 1. The van der Waals surface area contributed by atoms with E-state index in [1.165, 1.54) is 0 Å². The summed E-state index contributed by atoms with van der Waals surface area (Å²) in [6.45, 7) is 4.89. The van der Waals surface area contributed by atoms with Gasteiger partial charge in [-0.15, -0.1) is 0 Å². The van der Waals surface area contributed by atoms with Crippen LogP contribution in [0.1, 0.15) is 39.5 Å². The molecule has 2 atom stereocenters. The fourth-order valence-electron chi connectivity index (χ4n) is 2.33. The van der Waals surface area contributed by atoms with Gasteiger partial charge in [0.2, 0.25) is 5.91 Å². The maximum absolute atomic E-state index is 12.2. The third-order valence-corrected chi connectivity index (χ3v) is 3.27. The van der Waals surface area contributed by atoms with Crippen molar-refractivity contribution in [1.82, 2.24) is 10.2 Å². The summed E-state index contributed by atoms with van der Waals surface area (Å²) in [5.41, 5.74) is 0. The molecule has 1 aliphatic heterocycles. The van der Waals surface area contributed by atoms with E-state index in [1.54, 1.807) is 11.8 Å². The molecule has 1 fully saturated rings. The summed E-state index contributed by atoms with van der Waals surface area (Å²) in [7, 11) is 1.86. The van der Waals surface area contributed by atoms with Gasteiger partial charge in [0.25, 0.3) is 0 Å². The Morgan fingerprint density at radius 2 is 2.17 bits per heavy atom. The summed E-state index contributed by atoms with van der Waals surface area (Å²) in [6.07, 6.45) is 2.34. The highest BCUT2D eigenvalue weighted by atomic mass is 16.5. The molecule has 0 aromatic heterocycles. The Morgan fingerprint density at radius 3 is 2.72 bits per heavy atom. The average Bonchev–Trinajstić information content (AvgIpc) is 2.37. The van der Waals surface area contributed by atoms with Gasteiger partial charge in [0, 0.05) is 6.42 Å². The Kier molecular flexibility index (Phi) is 6.29. The van der Waals surface area contributed by atoms with Gasteiger partial charge in [-0.1, -0.05) is 6.92 Å². The predicted molar refractivity (Wildman–Crippen MR) is 69.1 cm³/mol. The first kappa shape index (κ1) is 15.1. The van der Waals surface area contributed by atoms with E-state index >= 15 is 0 Å². The lowest BCUT2D eigenvalue weighted by atomic mass is 10.0. The van der Waals surface area contributed by atoms with Gasteiger partial charge in [0.05, 0.1) is 12.6 Å². The van der Waals surface area contributed by atoms with E-state index in [2.05, 4.69) is 5.32 Å². The van der Waals surface area contributed by atoms with E-state index in [4.69, 9.17) is 4.74 Å². The third kappa shape index (κ3) is 3.78. The van der Waals surface area contributed by atoms with Crippen molar-refractivity contribution in [1.29, 1.82) is 0 Å². The molecule has 1 aliphatic rings. The van der Waals surface area contributed by atoms with Gasteiger partial charge in [-0.3, -0.25) is 9.59 Å². The van der Waals surface area contributed by atoms with Crippen LogP contribution in [0.3, 0.4) is 0 Å². The first-order chi connectivity index (χ1) is 8.61. The van der Waals surface area contributed by atoms with Crippen molar-refractivity contribution in [3.63, 3.8) is 0 Å². The van der Waals surface area contributed by atoms with Crippen LogP contribution < -0.4 is 5.32 Å². The van der Waals surface area contributed by atoms with E-state index in [1.807, 2.05) is 14.0 Å². The molecule has 18 heavy (non-hydrogen) atoms. The van der Waals surface area contributed by atoms with Crippen LogP contribution in [0.5, 0.6) is 0 Å². The van der Waals surface area contributed by atoms with Crippen LogP contribution in [0, 0.1) is 0 Å². The standard InChI is InChI=1S/C13H24N2O3/c1-4-13-15(12(17)6-5-8-14-3)11(10(2)16)7-9-18-13/h11,13-14H,4-9H2,1-3H3. The molecule has 1 rings (SSSR count). The summed E-state index contributed by atoms with van der Waals surface area (Å²) < 4.78 is 5.58. The molecule has 1 amide bonds. The van der Waals surface area contributed by atoms with Gasteiger partial charge in [-0.25, -0.2) is 0 Å². The lowest BCUT2D eigenvalue weighted by Crippen LogP contribution is -2.54. The molecular formula is C13H24N2O3. The zero-order chi connectivity index (χ0) is 13.5. The van der Waals surface area contributed by atoms with E-state index in [9.17, 15) is 9.59 Å². The Balaban J connectivity index is 2.69. The number of carbonyl (C=O) groups is 2. The Morgan fingerprint density at radius 1 is 1.44 bits per heavy atom. The minimum atomic E-state index is -0.300. The van der Waals surface area contributed by atoms with Crippen LogP contribution in [0.25, 0.3) is 0 Å². The van der Waals surface area contributed by atoms with Crippen LogP contribution in [0.2, 0.25) is 0 Å². The quantitative estimate of drug-likeness (QED) is 0.718. The van der Waals surface area contributed by atoms with Crippen molar-refractivity contribution in [2.45, 2.75) is 51.8 Å². The van der Waals surface area contributed by atoms with E-state index in [-0.39, 0.29) is 24.0 Å². The Hall–Kier alpha value is -0.940. The van der Waals surface area contributed by atoms with Crippen molar-refractivity contribution >= 4 is 11.7 Å². The molecule has 1 saturated heterocycles. The van der Waals surface area contributed by atoms with Crippen LogP contribution >= 0.6 is 0 Å². The van der Waals surface area contributed by atoms with Crippen LogP contribution in [-0.4, -0.2) is 49.1 Å². The highest BCUT2D eigenvalue weighted by Gasteiger charge is 2.35. The van der Waals surface area contributed by atoms with Crippen LogP contribution in [0.15, 0.2) is 0 Å². The lowest BCUT2D eigenvalue weighted by Gasteiger charge is -2.40. The summed E-state index contributed by atoms with van der Waals surface area (Å²) in [4.78, 5) is 25.5. The number of Topliss-reactive ketones (excluding diaryl/α,β-unsaturated/α-hetero) is 1. The van der Waals surface area contributed by atoms with E-state index in [0.717, 1.165) is 19.4 Å². The topological polar surface area (TPSA) is 58.6 Å². The molecule has 5 nitrogen and oxygen atoms in total. The molecule has 1 N–H and O–H groups in total. The lowest BCUT2D eigenvalue weighted by molar-refractivity contribution is -0.169. The second kappa shape index (κ2) is 7.48. The number of amides is 1. The number of ketones is 1.